The van der Waals surface area contributed by atoms with Crippen molar-refractivity contribution in [1.29, 1.82) is 0 Å². The molecule has 1 atom stereocenters. The molecule has 1 aromatic carbocycles. The number of hydrogen-bond acceptors (Lipinski definition) is 4. The fourth-order valence-electron chi connectivity index (χ4n) is 2.56. The fourth-order valence-corrected chi connectivity index (χ4v) is 4.58. The lowest BCUT2D eigenvalue weighted by atomic mass is 10.1. The summed E-state index contributed by atoms with van der Waals surface area (Å²) in [6, 6.07) is 2.96. The third-order valence-corrected chi connectivity index (χ3v) is 5.84. The number of rotatable bonds is 3. The highest BCUT2D eigenvalue weighted by Gasteiger charge is 2.35. The zero-order valence-electron chi connectivity index (χ0n) is 11.3. The quantitative estimate of drug-likeness (QED) is 0.812. The van der Waals surface area contributed by atoms with Crippen molar-refractivity contribution in [1.82, 2.24) is 4.31 Å². The summed E-state index contributed by atoms with van der Waals surface area (Å²) in [5, 5.41) is 9.29. The van der Waals surface area contributed by atoms with E-state index in [2.05, 4.69) is 0 Å². The number of benzene rings is 1. The van der Waals surface area contributed by atoms with Crippen molar-refractivity contribution >= 4 is 15.7 Å². The third kappa shape index (κ3) is 2.48. The Balaban J connectivity index is 2.51. The van der Waals surface area contributed by atoms with Gasteiger partial charge in [0.25, 0.3) is 0 Å². The van der Waals surface area contributed by atoms with E-state index < -0.39 is 10.0 Å². The number of sulfonamides is 1. The largest absolute Gasteiger partial charge is 0.399 e. The van der Waals surface area contributed by atoms with Crippen LogP contribution in [0.4, 0.5) is 5.69 Å². The molecule has 5 nitrogen and oxygen atoms in total. The van der Waals surface area contributed by atoms with Crippen LogP contribution in [0.15, 0.2) is 17.0 Å². The number of aliphatic hydroxyl groups is 1. The van der Waals surface area contributed by atoms with E-state index in [1.165, 1.54) is 10.4 Å². The minimum atomic E-state index is -3.58. The Morgan fingerprint density at radius 2 is 2.11 bits per heavy atom. The number of anilines is 1. The Morgan fingerprint density at radius 3 is 2.74 bits per heavy atom. The average molecular weight is 284 g/mol. The third-order valence-electron chi connectivity index (χ3n) is 3.76. The van der Waals surface area contributed by atoms with Crippen molar-refractivity contribution in [2.24, 2.45) is 0 Å². The molecule has 6 heteroatoms. The molecule has 0 aromatic heterocycles. The predicted molar refractivity (Wildman–Crippen MR) is 74.3 cm³/mol. The summed E-state index contributed by atoms with van der Waals surface area (Å²) in [5.41, 5.74) is 7.78. The molecule has 0 radical (unpaired) electrons. The first-order chi connectivity index (χ1) is 8.87. The Kier molecular flexibility index (Phi) is 3.85. The van der Waals surface area contributed by atoms with Crippen LogP contribution in [-0.2, 0) is 10.0 Å². The van der Waals surface area contributed by atoms with Crippen molar-refractivity contribution in [3.8, 4) is 0 Å². The van der Waals surface area contributed by atoms with Crippen molar-refractivity contribution in [2.45, 2.75) is 37.6 Å². The van der Waals surface area contributed by atoms with Gasteiger partial charge in [0, 0.05) is 18.3 Å². The maximum Gasteiger partial charge on any atom is 0.243 e. The van der Waals surface area contributed by atoms with Gasteiger partial charge < -0.3 is 10.8 Å². The Hall–Kier alpha value is -1.11. The molecular formula is C13H20N2O3S. The number of aryl methyl sites for hydroxylation is 1. The van der Waals surface area contributed by atoms with Crippen LogP contribution in [0, 0.1) is 13.8 Å². The van der Waals surface area contributed by atoms with Crippen LogP contribution in [0.3, 0.4) is 0 Å². The number of aliphatic hydroxyl groups excluding tert-OH is 1. The van der Waals surface area contributed by atoms with Gasteiger partial charge in [-0.05, 0) is 49.9 Å². The lowest BCUT2D eigenvalue weighted by Gasteiger charge is -2.24. The highest BCUT2D eigenvalue weighted by Crippen LogP contribution is 2.30. The second-order valence-electron chi connectivity index (χ2n) is 5.06. The van der Waals surface area contributed by atoms with Crippen LogP contribution < -0.4 is 5.73 Å². The van der Waals surface area contributed by atoms with Gasteiger partial charge in [-0.1, -0.05) is 0 Å². The van der Waals surface area contributed by atoms with Crippen LogP contribution in [0.25, 0.3) is 0 Å². The Labute approximate surface area is 114 Å². The van der Waals surface area contributed by atoms with Crippen molar-refractivity contribution in [2.75, 3.05) is 18.9 Å². The van der Waals surface area contributed by atoms with Gasteiger partial charge in [-0.25, -0.2) is 8.42 Å². The van der Waals surface area contributed by atoms with E-state index in [0.717, 1.165) is 17.5 Å². The topological polar surface area (TPSA) is 83.6 Å². The molecule has 1 heterocycles. The van der Waals surface area contributed by atoms with E-state index in [0.29, 0.717) is 18.7 Å². The SMILES string of the molecule is Cc1cc(N)cc(S(=O)(=O)N2CCCC2CO)c1C. The van der Waals surface area contributed by atoms with Gasteiger partial charge in [0.2, 0.25) is 10.0 Å². The summed E-state index contributed by atoms with van der Waals surface area (Å²) in [4.78, 5) is 0.255. The first-order valence-electron chi connectivity index (χ1n) is 6.37. The monoisotopic (exact) mass is 284 g/mol. The summed E-state index contributed by atoms with van der Waals surface area (Å²) in [6.07, 6.45) is 1.49. The van der Waals surface area contributed by atoms with Crippen LogP contribution >= 0.6 is 0 Å². The van der Waals surface area contributed by atoms with E-state index in [4.69, 9.17) is 5.73 Å². The molecular weight excluding hydrogens is 264 g/mol. The molecule has 1 aromatic rings. The molecule has 3 N–H and O–H groups in total. The molecule has 1 unspecified atom stereocenters. The summed E-state index contributed by atoms with van der Waals surface area (Å²) in [7, 11) is -3.58. The van der Waals surface area contributed by atoms with Crippen LogP contribution in [0.2, 0.25) is 0 Å². The minimum Gasteiger partial charge on any atom is -0.399 e. The summed E-state index contributed by atoms with van der Waals surface area (Å²) < 4.78 is 26.8. The highest BCUT2D eigenvalue weighted by molar-refractivity contribution is 7.89. The standard InChI is InChI=1S/C13H20N2O3S/c1-9-6-11(14)7-13(10(9)2)19(17,18)15-5-3-4-12(15)8-16/h6-7,12,16H,3-5,8,14H2,1-2H3. The maximum atomic E-state index is 12.7. The molecule has 0 aliphatic carbocycles. The van der Waals surface area contributed by atoms with Gasteiger partial charge in [0.1, 0.15) is 0 Å². The molecule has 0 spiro atoms. The Morgan fingerprint density at radius 1 is 1.42 bits per heavy atom. The zero-order chi connectivity index (χ0) is 14.2. The molecule has 0 saturated carbocycles. The molecule has 1 aliphatic heterocycles. The number of hydrogen-bond donors (Lipinski definition) is 2. The number of nitrogen functional groups attached to an aromatic ring is 1. The first kappa shape index (κ1) is 14.3. The molecule has 0 bridgehead atoms. The zero-order valence-corrected chi connectivity index (χ0v) is 12.1. The number of nitrogens with two attached hydrogens (primary N) is 1. The summed E-state index contributed by atoms with van der Waals surface area (Å²) in [5.74, 6) is 0. The molecule has 1 fully saturated rings. The van der Waals surface area contributed by atoms with E-state index >= 15 is 0 Å². The van der Waals surface area contributed by atoms with E-state index in [9.17, 15) is 13.5 Å². The van der Waals surface area contributed by atoms with Crippen molar-refractivity contribution in [3.05, 3.63) is 23.3 Å². The van der Waals surface area contributed by atoms with Gasteiger partial charge in [-0.15, -0.1) is 0 Å². The van der Waals surface area contributed by atoms with Gasteiger partial charge in [0.05, 0.1) is 11.5 Å². The second kappa shape index (κ2) is 5.11. The van der Waals surface area contributed by atoms with Crippen LogP contribution in [0.1, 0.15) is 24.0 Å². The molecule has 1 aliphatic rings. The highest BCUT2D eigenvalue weighted by atomic mass is 32.2. The van der Waals surface area contributed by atoms with E-state index in [1.54, 1.807) is 13.0 Å². The van der Waals surface area contributed by atoms with Crippen molar-refractivity contribution in [3.63, 3.8) is 0 Å². The molecule has 2 rings (SSSR count). The number of nitrogens with zero attached hydrogens (tertiary/aromatic N) is 1. The van der Waals surface area contributed by atoms with Crippen LogP contribution in [0.5, 0.6) is 0 Å². The van der Waals surface area contributed by atoms with Gasteiger partial charge in [-0.3, -0.25) is 0 Å². The fraction of sp³-hybridized carbons (Fsp3) is 0.538. The lowest BCUT2D eigenvalue weighted by molar-refractivity contribution is 0.213. The summed E-state index contributed by atoms with van der Waals surface area (Å²) >= 11 is 0. The maximum absolute atomic E-state index is 12.7. The molecule has 1 saturated heterocycles. The normalized spacial score (nSPS) is 20.9. The van der Waals surface area contributed by atoms with Crippen molar-refractivity contribution < 1.29 is 13.5 Å². The van der Waals surface area contributed by atoms with Gasteiger partial charge >= 0.3 is 0 Å². The molecule has 106 valence electrons. The van der Waals surface area contributed by atoms with Gasteiger partial charge in [-0.2, -0.15) is 4.31 Å². The van der Waals surface area contributed by atoms with Crippen LogP contribution in [-0.4, -0.2) is 37.0 Å². The minimum absolute atomic E-state index is 0.139. The Bertz CT molecular complexity index is 584. The molecule has 19 heavy (non-hydrogen) atoms. The summed E-state index contributed by atoms with van der Waals surface area (Å²) in [6.45, 7) is 3.95. The lowest BCUT2D eigenvalue weighted by Crippen LogP contribution is -2.38. The first-order valence-corrected chi connectivity index (χ1v) is 7.81. The predicted octanol–water partition coefficient (Wildman–Crippen LogP) is 1.03. The average Bonchev–Trinajstić information content (AvgIpc) is 2.82. The second-order valence-corrected chi connectivity index (χ2v) is 6.91. The van der Waals surface area contributed by atoms with E-state index in [1.807, 2.05) is 6.92 Å². The molecule has 0 amide bonds. The van der Waals surface area contributed by atoms with E-state index in [-0.39, 0.29) is 17.5 Å². The smallest absolute Gasteiger partial charge is 0.243 e. The van der Waals surface area contributed by atoms with Gasteiger partial charge in [0.15, 0.2) is 0 Å².